The van der Waals surface area contributed by atoms with Gasteiger partial charge in [0.2, 0.25) is 0 Å². The zero-order valence-electron chi connectivity index (χ0n) is 29.7. The molecule has 6 rings (SSSR count). The average molecular weight is 805 g/mol. The molecule has 0 saturated heterocycles. The molecular formula is C41H49IN4O5. The molecule has 0 spiro atoms. The number of likely N-dealkylation sites (N-methyl/N-ethyl adjacent to an activating group) is 1. The lowest BCUT2D eigenvalue weighted by molar-refractivity contribution is -0.224. The first-order valence-corrected chi connectivity index (χ1v) is 19.4. The molecule has 1 heterocycles. The highest BCUT2D eigenvalue weighted by atomic mass is 127. The van der Waals surface area contributed by atoms with Crippen molar-refractivity contribution in [3.8, 4) is 5.75 Å². The van der Waals surface area contributed by atoms with Crippen LogP contribution in [0, 0.1) is 3.57 Å². The second-order valence-electron chi connectivity index (χ2n) is 13.8. The van der Waals surface area contributed by atoms with Gasteiger partial charge in [0.25, 0.3) is 6.01 Å². The molecule has 2 fully saturated rings. The van der Waals surface area contributed by atoms with Crippen molar-refractivity contribution in [3.63, 3.8) is 0 Å². The number of carbonyl (C=O) groups is 2. The number of benzene rings is 3. The molecule has 3 aromatic carbocycles. The Labute approximate surface area is 314 Å². The van der Waals surface area contributed by atoms with E-state index in [4.69, 9.17) is 14.0 Å². The maximum atomic E-state index is 14.1. The normalized spacial score (nSPS) is 16.6. The highest BCUT2D eigenvalue weighted by molar-refractivity contribution is 14.1. The Kier molecular flexibility index (Phi) is 13.0. The summed E-state index contributed by atoms with van der Waals surface area (Å²) in [5, 5.41) is 5.43. The molecule has 270 valence electrons. The van der Waals surface area contributed by atoms with Crippen molar-refractivity contribution in [1.29, 1.82) is 0 Å². The maximum absolute atomic E-state index is 14.1. The molecule has 0 radical (unpaired) electrons. The van der Waals surface area contributed by atoms with Gasteiger partial charge in [-0.3, -0.25) is 4.79 Å². The Bertz CT molecular complexity index is 1730. The van der Waals surface area contributed by atoms with Gasteiger partial charge in [-0.15, -0.1) is 5.06 Å². The molecule has 4 aromatic rings. The number of nitrogens with one attached hydrogen (secondary N) is 1. The Morgan fingerprint density at radius 1 is 0.941 bits per heavy atom. The summed E-state index contributed by atoms with van der Waals surface area (Å²) in [5.74, 6) is 0.305. The minimum atomic E-state index is -0.684. The van der Waals surface area contributed by atoms with Gasteiger partial charge in [-0.25, -0.2) is 4.79 Å². The van der Waals surface area contributed by atoms with E-state index >= 15 is 0 Å². The summed E-state index contributed by atoms with van der Waals surface area (Å²) in [6.45, 7) is 2.88. The standard InChI is InChI=1S/C41H49IN4O5/c1-29(26-38(47)31-12-11-13-32(42)28-31)43-37(40(48)51-46(33-14-5-3-6-15-33)34-16-7-4-8-17-34)27-30-20-22-35(23-21-30)49-25-24-45(2)41-44-36-18-9-10-19-39(36)50-41/h9-13,18-23,26,28,33-34,37,43H,3-8,14-17,24-25,27H2,1-2H3/t37-/m0/s1. The van der Waals surface area contributed by atoms with E-state index in [1.165, 1.54) is 12.8 Å². The molecule has 10 heteroatoms. The van der Waals surface area contributed by atoms with Crippen molar-refractivity contribution in [2.24, 2.45) is 0 Å². The zero-order chi connectivity index (χ0) is 35.6. The molecule has 51 heavy (non-hydrogen) atoms. The molecule has 0 amide bonds. The van der Waals surface area contributed by atoms with Crippen molar-refractivity contribution >= 4 is 51.5 Å². The third-order valence-corrected chi connectivity index (χ3v) is 10.5. The molecule has 0 bridgehead atoms. The molecule has 1 aromatic heterocycles. The predicted molar refractivity (Wildman–Crippen MR) is 209 cm³/mol. The molecule has 0 unspecified atom stereocenters. The number of ether oxygens (including phenoxy) is 1. The lowest BCUT2D eigenvalue weighted by atomic mass is 9.90. The van der Waals surface area contributed by atoms with Gasteiger partial charge in [0.1, 0.15) is 23.9 Å². The molecule has 9 nitrogen and oxygen atoms in total. The van der Waals surface area contributed by atoms with Crippen LogP contribution in [0.25, 0.3) is 11.1 Å². The van der Waals surface area contributed by atoms with Crippen LogP contribution < -0.4 is 15.0 Å². The number of allylic oxidation sites excluding steroid dienone is 2. The van der Waals surface area contributed by atoms with Crippen molar-refractivity contribution in [1.82, 2.24) is 15.4 Å². The summed E-state index contributed by atoms with van der Waals surface area (Å²) in [7, 11) is 1.93. The van der Waals surface area contributed by atoms with Crippen LogP contribution in [0.2, 0.25) is 0 Å². The molecule has 0 aliphatic heterocycles. The summed E-state index contributed by atoms with van der Waals surface area (Å²) in [4.78, 5) is 40.2. The van der Waals surface area contributed by atoms with Gasteiger partial charge in [-0.05, 0) is 97.2 Å². The van der Waals surface area contributed by atoms with Gasteiger partial charge in [0.05, 0.1) is 6.54 Å². The van der Waals surface area contributed by atoms with Crippen molar-refractivity contribution in [3.05, 3.63) is 99.3 Å². The number of aromatic nitrogens is 1. The van der Waals surface area contributed by atoms with Crippen LogP contribution in [0.3, 0.4) is 0 Å². The second kappa shape index (κ2) is 18.0. The number of hydroxylamine groups is 2. The number of fused-ring (bicyclic) bond motifs is 1. The van der Waals surface area contributed by atoms with Crippen LogP contribution in [0.4, 0.5) is 6.01 Å². The minimum absolute atomic E-state index is 0.111. The van der Waals surface area contributed by atoms with E-state index in [0.29, 0.717) is 36.8 Å². The van der Waals surface area contributed by atoms with E-state index < -0.39 is 6.04 Å². The lowest BCUT2D eigenvalue weighted by Gasteiger charge is -2.40. The lowest BCUT2D eigenvalue weighted by Crippen LogP contribution is -2.50. The molecular weight excluding hydrogens is 755 g/mol. The quantitative estimate of drug-likeness (QED) is 0.0548. The van der Waals surface area contributed by atoms with E-state index in [1.54, 1.807) is 6.08 Å². The number of halogens is 1. The van der Waals surface area contributed by atoms with E-state index in [2.05, 4.69) is 38.0 Å². The van der Waals surface area contributed by atoms with Gasteiger partial charge in [0.15, 0.2) is 11.4 Å². The predicted octanol–water partition coefficient (Wildman–Crippen LogP) is 8.66. The SMILES string of the molecule is CC(=CC(=O)c1cccc(I)c1)N[C@@H](Cc1ccc(OCCN(C)c2nc3ccccc3o2)cc1)C(=O)ON(C1CCCCC1)C1CCCCC1. The highest BCUT2D eigenvalue weighted by Gasteiger charge is 2.34. The number of oxazole rings is 1. The van der Waals surface area contributed by atoms with Crippen LogP contribution >= 0.6 is 22.6 Å². The smallest absolute Gasteiger partial charge is 0.347 e. The Balaban J connectivity index is 1.13. The summed E-state index contributed by atoms with van der Waals surface area (Å²) in [6.07, 6.45) is 13.3. The fourth-order valence-corrected chi connectivity index (χ4v) is 7.64. The molecule has 2 saturated carbocycles. The van der Waals surface area contributed by atoms with Crippen molar-refractivity contribution in [2.75, 3.05) is 25.1 Å². The molecule has 1 atom stereocenters. The minimum Gasteiger partial charge on any atom is -0.492 e. The number of para-hydroxylation sites is 2. The van der Waals surface area contributed by atoms with E-state index in [-0.39, 0.29) is 23.8 Å². The van der Waals surface area contributed by atoms with Gasteiger partial charge < -0.3 is 24.2 Å². The number of ketones is 1. The fourth-order valence-electron chi connectivity index (χ4n) is 7.09. The van der Waals surface area contributed by atoms with Crippen LogP contribution in [-0.2, 0) is 16.1 Å². The van der Waals surface area contributed by atoms with Crippen LogP contribution in [0.15, 0.2) is 89.0 Å². The average Bonchev–Trinajstić information content (AvgIpc) is 3.60. The maximum Gasteiger partial charge on any atom is 0.347 e. The number of rotatable bonds is 15. The first-order valence-electron chi connectivity index (χ1n) is 18.4. The fraction of sp³-hybridized carbons (Fsp3) is 0.439. The van der Waals surface area contributed by atoms with Crippen molar-refractivity contribution < 1.29 is 23.6 Å². The number of nitrogens with zero attached hydrogens (tertiary/aromatic N) is 3. The Hall–Kier alpha value is -3.90. The van der Waals surface area contributed by atoms with E-state index in [9.17, 15) is 9.59 Å². The number of hydrogen-bond acceptors (Lipinski definition) is 9. The first kappa shape index (κ1) is 36.9. The topological polar surface area (TPSA) is 97.1 Å². The van der Waals surface area contributed by atoms with E-state index in [1.807, 2.05) is 91.7 Å². The Morgan fingerprint density at radius 2 is 1.63 bits per heavy atom. The summed E-state index contributed by atoms with van der Waals surface area (Å²) in [5.41, 5.74) is 3.77. The second-order valence-corrected chi connectivity index (χ2v) is 15.1. The van der Waals surface area contributed by atoms with Gasteiger partial charge >= 0.3 is 5.97 Å². The number of anilines is 1. The number of hydrogen-bond donors (Lipinski definition) is 1. The monoisotopic (exact) mass is 804 g/mol. The highest BCUT2D eigenvalue weighted by Crippen LogP contribution is 2.31. The Morgan fingerprint density at radius 3 is 2.29 bits per heavy atom. The zero-order valence-corrected chi connectivity index (χ0v) is 31.8. The van der Waals surface area contributed by atoms with Crippen LogP contribution in [-0.4, -0.2) is 60.1 Å². The molecule has 1 N–H and O–H groups in total. The third kappa shape index (κ3) is 10.3. The largest absolute Gasteiger partial charge is 0.492 e. The summed E-state index contributed by atoms with van der Waals surface area (Å²) >= 11 is 2.21. The summed E-state index contributed by atoms with van der Waals surface area (Å²) in [6, 6.07) is 23.4. The van der Waals surface area contributed by atoms with Gasteiger partial charge in [-0.1, -0.05) is 74.9 Å². The van der Waals surface area contributed by atoms with Crippen LogP contribution in [0.1, 0.15) is 87.1 Å². The first-order chi connectivity index (χ1) is 24.8. The molecule has 2 aliphatic carbocycles. The molecule has 2 aliphatic rings. The summed E-state index contributed by atoms with van der Waals surface area (Å²) < 4.78 is 12.9. The van der Waals surface area contributed by atoms with Gasteiger partial charge in [0, 0.05) is 46.5 Å². The third-order valence-electron chi connectivity index (χ3n) is 9.88. The number of carbonyl (C=O) groups excluding carboxylic acids is 2. The van der Waals surface area contributed by atoms with Gasteiger partial charge in [-0.2, -0.15) is 4.98 Å². The van der Waals surface area contributed by atoms with Crippen molar-refractivity contribution in [2.45, 2.75) is 95.7 Å². The van der Waals surface area contributed by atoms with E-state index in [0.717, 1.165) is 77.3 Å². The van der Waals surface area contributed by atoms with Crippen LogP contribution in [0.5, 0.6) is 5.75 Å².